The van der Waals surface area contributed by atoms with Crippen molar-refractivity contribution in [3.63, 3.8) is 0 Å². The Balaban J connectivity index is 1.72. The molecule has 0 unspecified atom stereocenters. The first-order valence-corrected chi connectivity index (χ1v) is 6.43. The van der Waals surface area contributed by atoms with Gasteiger partial charge in [-0.25, -0.2) is 4.79 Å². The van der Waals surface area contributed by atoms with E-state index in [1.165, 1.54) is 0 Å². The van der Waals surface area contributed by atoms with Crippen LogP contribution in [0.4, 0.5) is 10.5 Å². The first-order chi connectivity index (χ1) is 8.67. The highest BCUT2D eigenvalue weighted by Gasteiger charge is 2.31. The Hall–Kier alpha value is -1.26. The number of hydrogen-bond acceptors (Lipinski definition) is 3. The Morgan fingerprint density at radius 2 is 2.06 bits per heavy atom. The molecule has 1 amide bonds. The summed E-state index contributed by atoms with van der Waals surface area (Å²) in [5.41, 5.74) is 0.690. The van der Waals surface area contributed by atoms with Gasteiger partial charge in [0.05, 0.1) is 0 Å². The summed E-state index contributed by atoms with van der Waals surface area (Å²) < 4.78 is 5.29. The predicted octanol–water partition coefficient (Wildman–Crippen LogP) is 2.89. The predicted molar refractivity (Wildman–Crippen MR) is 72.0 cm³/mol. The largest absolute Gasteiger partial charge is 0.446 e. The van der Waals surface area contributed by atoms with Gasteiger partial charge in [0, 0.05) is 10.7 Å². The van der Waals surface area contributed by atoms with Gasteiger partial charge in [-0.3, -0.25) is 5.32 Å². The van der Waals surface area contributed by atoms with E-state index in [4.69, 9.17) is 16.3 Å². The topological polar surface area (TPSA) is 50.4 Å². The summed E-state index contributed by atoms with van der Waals surface area (Å²) in [5.74, 6) is 0.628. The van der Waals surface area contributed by atoms with Gasteiger partial charge in [-0.2, -0.15) is 0 Å². The lowest BCUT2D eigenvalue weighted by atomic mass is 9.82. The molecular weight excluding hydrogens is 252 g/mol. The van der Waals surface area contributed by atoms with E-state index in [2.05, 4.69) is 10.6 Å². The molecule has 0 heterocycles. The molecular formula is C13H17ClN2O2. The Kier molecular flexibility index (Phi) is 4.44. The number of rotatable bonds is 4. The minimum atomic E-state index is -0.398. The average molecular weight is 269 g/mol. The van der Waals surface area contributed by atoms with Gasteiger partial charge in [-0.1, -0.05) is 11.6 Å². The second kappa shape index (κ2) is 6.07. The standard InChI is InChI=1S/C13H17ClN2O2/c1-15-8-9-6-12(7-9)18-13(17)16-11-4-2-10(14)3-5-11/h2-5,9,12,15H,6-8H2,1H3,(H,16,17). The number of halogens is 1. The fourth-order valence-corrected chi connectivity index (χ4v) is 2.18. The highest BCUT2D eigenvalue weighted by Crippen LogP contribution is 2.29. The van der Waals surface area contributed by atoms with Gasteiger partial charge >= 0.3 is 6.09 Å². The molecule has 2 N–H and O–H groups in total. The average Bonchev–Trinajstić information content (AvgIpc) is 2.29. The second-order valence-corrected chi connectivity index (χ2v) is 4.99. The van der Waals surface area contributed by atoms with E-state index < -0.39 is 6.09 Å². The van der Waals surface area contributed by atoms with Gasteiger partial charge in [-0.05, 0) is 56.6 Å². The molecule has 0 radical (unpaired) electrons. The van der Waals surface area contributed by atoms with Gasteiger partial charge in [-0.15, -0.1) is 0 Å². The fraction of sp³-hybridized carbons (Fsp3) is 0.462. The zero-order valence-corrected chi connectivity index (χ0v) is 11.0. The summed E-state index contributed by atoms with van der Waals surface area (Å²) in [7, 11) is 1.93. The molecule has 5 heteroatoms. The Labute approximate surface area is 112 Å². The van der Waals surface area contributed by atoms with Gasteiger partial charge in [0.15, 0.2) is 0 Å². The molecule has 0 bridgehead atoms. The normalized spacial score (nSPS) is 22.1. The van der Waals surface area contributed by atoms with Crippen LogP contribution in [0.2, 0.25) is 5.02 Å². The van der Waals surface area contributed by atoms with Gasteiger partial charge < -0.3 is 10.1 Å². The molecule has 0 aromatic heterocycles. The molecule has 98 valence electrons. The fourth-order valence-electron chi connectivity index (χ4n) is 2.06. The van der Waals surface area contributed by atoms with Crippen molar-refractivity contribution in [1.82, 2.24) is 5.32 Å². The zero-order valence-electron chi connectivity index (χ0n) is 10.3. The minimum Gasteiger partial charge on any atom is -0.446 e. The maximum absolute atomic E-state index is 11.6. The van der Waals surface area contributed by atoms with Crippen molar-refractivity contribution in [2.45, 2.75) is 18.9 Å². The van der Waals surface area contributed by atoms with Crippen molar-refractivity contribution in [1.29, 1.82) is 0 Å². The van der Waals surface area contributed by atoms with Crippen LogP contribution in [0.25, 0.3) is 0 Å². The SMILES string of the molecule is CNCC1CC(OC(=O)Nc2ccc(Cl)cc2)C1. The molecule has 2 rings (SSSR count). The Morgan fingerprint density at radius 1 is 1.39 bits per heavy atom. The summed E-state index contributed by atoms with van der Waals surface area (Å²) in [5, 5.41) is 6.44. The van der Waals surface area contributed by atoms with Crippen LogP contribution >= 0.6 is 11.6 Å². The third-order valence-corrected chi connectivity index (χ3v) is 3.30. The van der Waals surface area contributed by atoms with Crippen LogP contribution in [0.15, 0.2) is 24.3 Å². The Morgan fingerprint density at radius 3 is 2.67 bits per heavy atom. The first-order valence-electron chi connectivity index (χ1n) is 6.05. The number of carbonyl (C=O) groups excluding carboxylic acids is 1. The lowest BCUT2D eigenvalue weighted by Gasteiger charge is -2.34. The first kappa shape index (κ1) is 13.2. The molecule has 1 aromatic carbocycles. The van der Waals surface area contributed by atoms with E-state index in [0.717, 1.165) is 19.4 Å². The van der Waals surface area contributed by atoms with Crippen LogP contribution in [0.5, 0.6) is 0 Å². The minimum absolute atomic E-state index is 0.0515. The van der Waals surface area contributed by atoms with Crippen molar-refractivity contribution in [3.05, 3.63) is 29.3 Å². The number of nitrogens with one attached hydrogen (secondary N) is 2. The number of amides is 1. The summed E-state index contributed by atoms with van der Waals surface area (Å²) >= 11 is 5.76. The molecule has 1 aromatic rings. The quantitative estimate of drug-likeness (QED) is 0.883. The highest BCUT2D eigenvalue weighted by atomic mass is 35.5. The maximum Gasteiger partial charge on any atom is 0.411 e. The number of ether oxygens (including phenoxy) is 1. The van der Waals surface area contributed by atoms with Crippen LogP contribution in [0.3, 0.4) is 0 Å². The van der Waals surface area contributed by atoms with Crippen molar-refractivity contribution >= 4 is 23.4 Å². The molecule has 18 heavy (non-hydrogen) atoms. The molecule has 0 aliphatic heterocycles. The number of carbonyl (C=O) groups is 1. The third-order valence-electron chi connectivity index (χ3n) is 3.05. The molecule has 0 atom stereocenters. The van der Waals surface area contributed by atoms with Crippen LogP contribution in [-0.2, 0) is 4.74 Å². The smallest absolute Gasteiger partial charge is 0.411 e. The van der Waals surface area contributed by atoms with E-state index in [1.807, 2.05) is 7.05 Å². The Bertz CT molecular complexity index is 402. The zero-order chi connectivity index (χ0) is 13.0. The van der Waals surface area contributed by atoms with E-state index >= 15 is 0 Å². The molecule has 1 fully saturated rings. The molecule has 4 nitrogen and oxygen atoms in total. The van der Waals surface area contributed by atoms with Crippen LogP contribution in [-0.4, -0.2) is 25.8 Å². The lowest BCUT2D eigenvalue weighted by Crippen LogP contribution is -2.38. The maximum atomic E-state index is 11.6. The highest BCUT2D eigenvalue weighted by molar-refractivity contribution is 6.30. The van der Waals surface area contributed by atoms with E-state index in [1.54, 1.807) is 24.3 Å². The third kappa shape index (κ3) is 3.62. The molecule has 0 spiro atoms. The van der Waals surface area contributed by atoms with Crippen molar-refractivity contribution < 1.29 is 9.53 Å². The molecule has 1 saturated carbocycles. The van der Waals surface area contributed by atoms with Crippen molar-refractivity contribution in [3.8, 4) is 0 Å². The van der Waals surface area contributed by atoms with Crippen LogP contribution in [0, 0.1) is 5.92 Å². The van der Waals surface area contributed by atoms with E-state index in [9.17, 15) is 4.79 Å². The number of hydrogen-bond donors (Lipinski definition) is 2. The lowest BCUT2D eigenvalue weighted by molar-refractivity contribution is 0.0257. The van der Waals surface area contributed by atoms with Gasteiger partial charge in [0.1, 0.15) is 6.10 Å². The van der Waals surface area contributed by atoms with Crippen LogP contribution < -0.4 is 10.6 Å². The van der Waals surface area contributed by atoms with E-state index in [0.29, 0.717) is 16.6 Å². The summed E-state index contributed by atoms with van der Waals surface area (Å²) in [6.45, 7) is 0.985. The number of anilines is 1. The molecule has 1 aliphatic carbocycles. The monoisotopic (exact) mass is 268 g/mol. The van der Waals surface area contributed by atoms with Gasteiger partial charge in [0.2, 0.25) is 0 Å². The summed E-state index contributed by atoms with van der Waals surface area (Å²) in [6, 6.07) is 6.94. The van der Waals surface area contributed by atoms with Crippen LogP contribution in [0.1, 0.15) is 12.8 Å². The van der Waals surface area contributed by atoms with Crippen molar-refractivity contribution in [2.75, 3.05) is 18.9 Å². The molecule has 1 aliphatic rings. The second-order valence-electron chi connectivity index (χ2n) is 4.55. The van der Waals surface area contributed by atoms with E-state index in [-0.39, 0.29) is 6.10 Å². The summed E-state index contributed by atoms with van der Waals surface area (Å²) in [6.07, 6.45) is 1.53. The number of benzene rings is 1. The summed E-state index contributed by atoms with van der Waals surface area (Å²) in [4.78, 5) is 11.6. The van der Waals surface area contributed by atoms with Gasteiger partial charge in [0.25, 0.3) is 0 Å². The van der Waals surface area contributed by atoms with Crippen molar-refractivity contribution in [2.24, 2.45) is 5.92 Å². The molecule has 0 saturated heterocycles.